The maximum atomic E-state index is 7.29. The highest BCUT2D eigenvalue weighted by Gasteiger charge is 1.87. The van der Waals surface area contributed by atoms with Gasteiger partial charge in [0.15, 0.2) is 0 Å². The molecule has 0 aromatic carbocycles. The smallest absolute Gasteiger partial charge is 0.141 e. The molecule has 116 valence electrons. The van der Waals surface area contributed by atoms with Gasteiger partial charge in [-0.05, 0) is 49.5 Å². The van der Waals surface area contributed by atoms with E-state index in [0.29, 0.717) is 23.5 Å². The van der Waals surface area contributed by atoms with Crippen LogP contribution in [-0.4, -0.2) is 34.6 Å². The standard InChI is InChI=1S/C6H9N2P.C5H6BN2P.2CH4.2BH/c1-5-3-2-4-6(7-5)8-9;6-4-2-1-3-5(7-4)8-9;;;;/h2-4H,9H2,1H3,(H,7,8);1-3H,9H2,(H,7,8);2*1H4;2*1H/i2D;1D;;;;. The lowest BCUT2D eigenvalue weighted by atomic mass is 10.0. The maximum Gasteiger partial charge on any atom is 0.141 e. The van der Waals surface area contributed by atoms with Gasteiger partial charge in [-0.15, -0.1) is 0 Å². The maximum absolute atomic E-state index is 7.29. The summed E-state index contributed by atoms with van der Waals surface area (Å²) in [6, 6.07) is 7.30. The minimum atomic E-state index is 0. The van der Waals surface area contributed by atoms with E-state index in [1.807, 2.05) is 6.92 Å². The molecule has 2 unspecified atom stereocenters. The second-order valence-electron chi connectivity index (χ2n) is 3.26. The minimum absolute atomic E-state index is 0. The van der Waals surface area contributed by atoms with E-state index in [9.17, 15) is 0 Å². The van der Waals surface area contributed by atoms with E-state index in [-0.39, 0.29) is 31.7 Å². The summed E-state index contributed by atoms with van der Waals surface area (Å²) >= 11 is 0. The van der Waals surface area contributed by atoms with Gasteiger partial charge in [0.1, 0.15) is 19.5 Å². The van der Waals surface area contributed by atoms with Gasteiger partial charge in [-0.25, -0.2) is 9.97 Å². The van der Waals surface area contributed by atoms with Crippen LogP contribution in [-0.2, 0) is 0 Å². The molecule has 0 fully saturated rings. The van der Waals surface area contributed by atoms with E-state index < -0.39 is 0 Å². The molecule has 0 bridgehead atoms. The second-order valence-corrected chi connectivity index (χ2v) is 3.84. The van der Waals surface area contributed by atoms with Crippen LogP contribution >= 0.6 is 18.8 Å². The first-order chi connectivity index (χ1) is 9.44. The Hall–Kier alpha value is -1.05. The number of aryl methyl sites for hydroxylation is 1. The predicted octanol–water partition coefficient (Wildman–Crippen LogP) is 1.64. The molecule has 2 heterocycles. The summed E-state index contributed by atoms with van der Waals surface area (Å²) in [5.74, 6) is 1.31. The quantitative estimate of drug-likeness (QED) is 0.648. The highest BCUT2D eigenvalue weighted by atomic mass is 31.0. The van der Waals surface area contributed by atoms with Crippen LogP contribution in [0.25, 0.3) is 0 Å². The highest BCUT2D eigenvalue weighted by Crippen LogP contribution is 2.04. The van der Waals surface area contributed by atoms with Gasteiger partial charge in [-0.1, -0.05) is 33.0 Å². The third-order valence-electron chi connectivity index (χ3n) is 1.81. The van der Waals surface area contributed by atoms with E-state index in [0.717, 1.165) is 11.5 Å². The Labute approximate surface area is 148 Å². The van der Waals surface area contributed by atoms with Gasteiger partial charge in [0.25, 0.3) is 0 Å². The van der Waals surface area contributed by atoms with Gasteiger partial charge < -0.3 is 10.2 Å². The highest BCUT2D eigenvalue weighted by molar-refractivity contribution is 7.18. The zero-order valence-corrected chi connectivity index (χ0v) is 13.7. The van der Waals surface area contributed by atoms with E-state index in [1.165, 1.54) is 6.07 Å². The van der Waals surface area contributed by atoms with Crippen molar-refractivity contribution in [2.24, 2.45) is 0 Å². The Morgan fingerprint density at radius 2 is 1.41 bits per heavy atom. The van der Waals surface area contributed by atoms with Crippen molar-refractivity contribution in [1.29, 1.82) is 0 Å². The first-order valence-corrected chi connectivity index (χ1v) is 6.22. The molecular weight excluding hydrogens is 307 g/mol. The van der Waals surface area contributed by atoms with Crippen LogP contribution in [0.15, 0.2) is 36.4 Å². The van der Waals surface area contributed by atoms with Crippen LogP contribution < -0.4 is 15.8 Å². The number of pyridine rings is 2. The molecule has 4 nitrogen and oxygen atoms in total. The minimum Gasteiger partial charge on any atom is -0.355 e. The molecule has 2 rings (SSSR count). The molecule has 0 amide bonds. The van der Waals surface area contributed by atoms with Crippen LogP contribution in [0.5, 0.6) is 0 Å². The molecule has 2 aromatic rings. The molecule has 6 radical (unpaired) electrons. The number of anilines is 2. The largest absolute Gasteiger partial charge is 0.355 e. The summed E-state index contributed by atoms with van der Waals surface area (Å²) < 4.78 is 14.5. The van der Waals surface area contributed by atoms with Gasteiger partial charge in [-0.2, -0.15) is 0 Å². The van der Waals surface area contributed by atoms with Gasteiger partial charge in [0.05, 0.1) is 2.74 Å². The Balaban J connectivity index is -0.000000143. The van der Waals surface area contributed by atoms with Gasteiger partial charge in [-0.3, -0.25) is 0 Å². The number of nitrogens with zero attached hydrogens (tertiary/aromatic N) is 2. The molecule has 0 spiro atoms. The zero-order chi connectivity index (χ0) is 15.1. The van der Waals surface area contributed by atoms with Crippen molar-refractivity contribution in [3.8, 4) is 0 Å². The van der Waals surface area contributed by atoms with Crippen LogP contribution in [0.3, 0.4) is 0 Å². The van der Waals surface area contributed by atoms with Crippen molar-refractivity contribution in [1.82, 2.24) is 9.97 Å². The van der Waals surface area contributed by atoms with Gasteiger partial charge in [0, 0.05) is 22.5 Å². The summed E-state index contributed by atoms with van der Waals surface area (Å²) in [4.78, 5) is 7.98. The van der Waals surface area contributed by atoms with Crippen LogP contribution in [0, 0.1) is 6.92 Å². The van der Waals surface area contributed by atoms with E-state index >= 15 is 0 Å². The molecule has 2 aromatic heterocycles. The topological polar surface area (TPSA) is 49.8 Å². The molecule has 0 saturated heterocycles. The zero-order valence-electron chi connectivity index (χ0n) is 13.4. The Bertz CT molecular complexity index is 503. The summed E-state index contributed by atoms with van der Waals surface area (Å²) in [7, 11) is 9.98. The number of hydrogen-bond acceptors (Lipinski definition) is 4. The van der Waals surface area contributed by atoms with E-state index in [4.69, 9.17) is 10.6 Å². The van der Waals surface area contributed by atoms with E-state index in [1.54, 1.807) is 18.2 Å². The molecule has 0 aliphatic heterocycles. The van der Waals surface area contributed by atoms with Crippen LogP contribution in [0.4, 0.5) is 11.6 Å². The molecule has 0 saturated carbocycles. The summed E-state index contributed by atoms with van der Waals surface area (Å²) in [6.07, 6.45) is 0. The van der Waals surface area contributed by atoms with Crippen molar-refractivity contribution < 1.29 is 2.74 Å². The summed E-state index contributed by atoms with van der Waals surface area (Å²) in [5, 5.41) is 5.51. The van der Waals surface area contributed by atoms with Gasteiger partial charge in [0.2, 0.25) is 0 Å². The van der Waals surface area contributed by atoms with Crippen molar-refractivity contribution in [2.45, 2.75) is 21.8 Å². The molecule has 0 aliphatic carbocycles. The average Bonchev–Trinajstić information content (AvgIpc) is 2.37. The van der Waals surface area contributed by atoms with Crippen molar-refractivity contribution in [3.63, 3.8) is 0 Å². The van der Waals surface area contributed by atoms with Crippen molar-refractivity contribution >= 4 is 60.7 Å². The summed E-state index contributed by atoms with van der Waals surface area (Å²) in [6.45, 7) is 1.86. The van der Waals surface area contributed by atoms with Crippen molar-refractivity contribution in [3.05, 3.63) is 42.0 Å². The number of nitrogens with one attached hydrogen (secondary N) is 2. The van der Waals surface area contributed by atoms with Crippen molar-refractivity contribution in [2.75, 3.05) is 10.2 Å². The van der Waals surface area contributed by atoms with E-state index in [2.05, 4.69) is 38.9 Å². The number of aromatic nitrogens is 2. The predicted molar refractivity (Wildman–Crippen MR) is 113 cm³/mol. The molecule has 0 aliphatic rings. The number of rotatable bonds is 2. The molecule has 2 atom stereocenters. The first kappa shape index (κ1) is 23.2. The fourth-order valence-corrected chi connectivity index (χ4v) is 1.35. The monoisotopic (exact) mass is 334 g/mol. The first-order valence-electron chi connectivity index (χ1n) is 6.07. The number of hydrogen-bond donors (Lipinski definition) is 2. The van der Waals surface area contributed by atoms with Gasteiger partial charge >= 0.3 is 0 Å². The van der Waals surface area contributed by atoms with Crippen LogP contribution in [0.2, 0.25) is 0 Å². The fraction of sp³-hybridized carbons (Fsp3) is 0.231. The molecule has 22 heavy (non-hydrogen) atoms. The molecule has 2 N–H and O–H groups in total. The normalized spacial score (nSPS) is 8.68. The molecular formula is C13H25B3N4P2. The Morgan fingerprint density at radius 1 is 0.955 bits per heavy atom. The molecule has 9 heteroatoms. The Kier molecular flexibility index (Phi) is 17.2. The second kappa shape index (κ2) is 16.3. The lowest BCUT2D eigenvalue weighted by molar-refractivity contribution is 1.21. The third kappa shape index (κ3) is 11.6. The van der Waals surface area contributed by atoms with Crippen LogP contribution in [0.1, 0.15) is 23.3 Å². The average molecular weight is 334 g/mol. The Morgan fingerprint density at radius 3 is 1.82 bits per heavy atom. The lowest BCUT2D eigenvalue weighted by Crippen LogP contribution is -2.07. The summed E-state index contributed by atoms with van der Waals surface area (Å²) in [5.41, 5.74) is 1.22. The fourth-order valence-electron chi connectivity index (χ4n) is 1.05. The third-order valence-corrected chi connectivity index (χ3v) is 2.40. The SMILES string of the molecule is C.C.[2H]c1cc(C)nc(NP)c1.[2H]c1cc([B])nc(NP)c1.[BH].[BH]. The lowest BCUT2D eigenvalue weighted by Gasteiger charge is -1.97.